The number of rotatable bonds is 9. The molecular formula is C24H25ClN8O3. The van der Waals surface area contributed by atoms with Gasteiger partial charge < -0.3 is 15.4 Å². The summed E-state index contributed by atoms with van der Waals surface area (Å²) in [4.78, 5) is 34.0. The molecule has 0 saturated heterocycles. The number of carbonyl (C=O) groups is 2. The normalized spacial score (nSPS) is 11.3. The number of hydrogen-bond donors (Lipinski definition) is 2. The van der Waals surface area contributed by atoms with E-state index in [2.05, 4.69) is 37.5 Å². The zero-order valence-corrected chi connectivity index (χ0v) is 20.8. The molecule has 0 unspecified atom stereocenters. The third kappa shape index (κ3) is 5.36. The predicted molar refractivity (Wildman–Crippen MR) is 137 cm³/mol. The minimum Gasteiger partial charge on any atom is -0.496 e. The topological polar surface area (TPSA) is 128 Å². The van der Waals surface area contributed by atoms with Crippen LogP contribution in [0.25, 0.3) is 16.9 Å². The monoisotopic (exact) mass is 508 g/mol. The Balaban J connectivity index is 1.69. The first-order valence-corrected chi connectivity index (χ1v) is 11.3. The number of nitrogens with zero attached hydrogens (tertiary/aromatic N) is 6. The Morgan fingerprint density at radius 1 is 1.31 bits per heavy atom. The number of benzene rings is 1. The molecule has 0 bridgehead atoms. The first-order chi connectivity index (χ1) is 17.2. The molecule has 2 N–H and O–H groups in total. The Labute approximate surface area is 212 Å². The molecule has 1 aromatic carbocycles. The molecule has 2 amide bonds. The van der Waals surface area contributed by atoms with Crippen LogP contribution >= 0.6 is 11.6 Å². The van der Waals surface area contributed by atoms with Crippen LogP contribution in [0, 0.1) is 0 Å². The summed E-state index contributed by atoms with van der Waals surface area (Å²) in [5.74, 6) is -0.214. The van der Waals surface area contributed by atoms with Gasteiger partial charge in [0.2, 0.25) is 5.91 Å². The van der Waals surface area contributed by atoms with E-state index in [0.29, 0.717) is 39.9 Å². The molecule has 4 rings (SSSR count). The molecule has 0 aliphatic carbocycles. The number of amides is 2. The van der Waals surface area contributed by atoms with Gasteiger partial charge in [0.05, 0.1) is 31.1 Å². The molecule has 0 radical (unpaired) electrons. The smallest absolute Gasteiger partial charge is 0.261 e. The second kappa shape index (κ2) is 10.2. The number of hydrogen-bond acceptors (Lipinski definition) is 7. The summed E-state index contributed by atoms with van der Waals surface area (Å²) >= 11 is 6.25. The van der Waals surface area contributed by atoms with Gasteiger partial charge in [0.25, 0.3) is 5.91 Å². The van der Waals surface area contributed by atoms with Gasteiger partial charge >= 0.3 is 0 Å². The van der Waals surface area contributed by atoms with Gasteiger partial charge in [0, 0.05) is 29.2 Å². The maximum atomic E-state index is 13.2. The van der Waals surface area contributed by atoms with E-state index in [-0.39, 0.29) is 18.0 Å². The zero-order chi connectivity index (χ0) is 25.9. The highest BCUT2D eigenvalue weighted by molar-refractivity contribution is 6.31. The van der Waals surface area contributed by atoms with Gasteiger partial charge in [-0.1, -0.05) is 11.6 Å². The number of halogens is 1. The third-order valence-electron chi connectivity index (χ3n) is 5.24. The van der Waals surface area contributed by atoms with Crippen LogP contribution in [0.3, 0.4) is 0 Å². The molecule has 3 aromatic heterocycles. The number of fused-ring (bicyclic) bond motifs is 1. The van der Waals surface area contributed by atoms with Crippen LogP contribution in [0.4, 0.5) is 5.69 Å². The number of carbonyl (C=O) groups excluding carboxylic acids is 2. The zero-order valence-electron chi connectivity index (χ0n) is 20.0. The predicted octanol–water partition coefficient (Wildman–Crippen LogP) is 3.10. The Hall–Kier alpha value is -4.25. The molecule has 0 aliphatic rings. The van der Waals surface area contributed by atoms with Crippen molar-refractivity contribution in [2.75, 3.05) is 19.0 Å². The summed E-state index contributed by atoms with van der Waals surface area (Å²) in [6.07, 6.45) is 6.29. The summed E-state index contributed by atoms with van der Waals surface area (Å²) in [7, 11) is 1.52. The Kier molecular flexibility index (Phi) is 7.02. The average Bonchev–Trinajstić information content (AvgIpc) is 3.42. The van der Waals surface area contributed by atoms with Crippen molar-refractivity contribution >= 4 is 41.5 Å². The maximum Gasteiger partial charge on any atom is 0.261 e. The molecule has 0 saturated carbocycles. The quantitative estimate of drug-likeness (QED) is 0.334. The molecular weight excluding hydrogens is 484 g/mol. The van der Waals surface area contributed by atoms with Gasteiger partial charge in [-0.3, -0.25) is 19.3 Å². The number of nitrogens with one attached hydrogen (secondary N) is 2. The molecule has 3 heterocycles. The second-order valence-electron chi connectivity index (χ2n) is 8.65. The standard InChI is InChI=1S/C24H25ClN8O3/c1-24(2,14-26-3)30-20(34)13-32-12-18(21(31-32)16-10-15(25)6-7-19(16)36-4)29-23(35)17-11-28-33-9-5-8-27-22(17)33/h5-12H,3,13-14H2,1-2,4H3,(H,29,35)(H,30,34). The van der Waals surface area contributed by atoms with E-state index in [0.717, 1.165) is 0 Å². The van der Waals surface area contributed by atoms with E-state index in [1.165, 1.54) is 22.5 Å². The van der Waals surface area contributed by atoms with Crippen molar-refractivity contribution in [2.24, 2.45) is 4.99 Å². The molecule has 0 aliphatic heterocycles. The summed E-state index contributed by atoms with van der Waals surface area (Å²) < 4.78 is 8.43. The summed E-state index contributed by atoms with van der Waals surface area (Å²) in [6.45, 7) is 7.45. The summed E-state index contributed by atoms with van der Waals surface area (Å²) in [5.41, 5.74) is 1.40. The van der Waals surface area contributed by atoms with Crippen molar-refractivity contribution in [1.29, 1.82) is 0 Å². The van der Waals surface area contributed by atoms with E-state index in [9.17, 15) is 9.59 Å². The number of aromatic nitrogens is 5. The number of ether oxygens (including phenoxy) is 1. The van der Waals surface area contributed by atoms with Crippen molar-refractivity contribution in [3.05, 3.63) is 59.6 Å². The average molecular weight is 509 g/mol. The minimum absolute atomic E-state index is 0.0927. The van der Waals surface area contributed by atoms with Crippen molar-refractivity contribution in [1.82, 2.24) is 29.7 Å². The molecule has 186 valence electrons. The maximum absolute atomic E-state index is 13.2. The van der Waals surface area contributed by atoms with Crippen LogP contribution < -0.4 is 15.4 Å². The highest BCUT2D eigenvalue weighted by Gasteiger charge is 2.23. The van der Waals surface area contributed by atoms with E-state index in [1.807, 2.05) is 13.8 Å². The van der Waals surface area contributed by atoms with Crippen molar-refractivity contribution < 1.29 is 14.3 Å². The lowest BCUT2D eigenvalue weighted by Gasteiger charge is -2.23. The van der Waals surface area contributed by atoms with Crippen molar-refractivity contribution in [2.45, 2.75) is 25.9 Å². The molecule has 0 fully saturated rings. The Bertz CT molecular complexity index is 1440. The van der Waals surface area contributed by atoms with E-state index in [4.69, 9.17) is 16.3 Å². The van der Waals surface area contributed by atoms with Gasteiger partial charge in [0.15, 0.2) is 5.65 Å². The fourth-order valence-corrected chi connectivity index (χ4v) is 3.89. The lowest BCUT2D eigenvalue weighted by atomic mass is 10.1. The van der Waals surface area contributed by atoms with Crippen molar-refractivity contribution in [3.8, 4) is 17.0 Å². The lowest BCUT2D eigenvalue weighted by Crippen LogP contribution is -2.47. The van der Waals surface area contributed by atoms with Crippen molar-refractivity contribution in [3.63, 3.8) is 0 Å². The largest absolute Gasteiger partial charge is 0.496 e. The van der Waals surface area contributed by atoms with Gasteiger partial charge in [-0.15, -0.1) is 0 Å². The van der Waals surface area contributed by atoms with Crippen LogP contribution in [0.1, 0.15) is 24.2 Å². The van der Waals surface area contributed by atoms with Crippen LogP contribution in [-0.4, -0.2) is 62.1 Å². The minimum atomic E-state index is -0.571. The SMILES string of the molecule is C=NCC(C)(C)NC(=O)Cn1cc(NC(=O)c2cnn3cccnc23)c(-c2cc(Cl)ccc2OC)n1. The first-order valence-electron chi connectivity index (χ1n) is 11.0. The highest BCUT2D eigenvalue weighted by Crippen LogP contribution is 2.36. The van der Waals surface area contributed by atoms with Gasteiger partial charge in [0.1, 0.15) is 23.6 Å². The van der Waals surface area contributed by atoms with E-state index >= 15 is 0 Å². The molecule has 11 nitrogen and oxygen atoms in total. The fourth-order valence-electron chi connectivity index (χ4n) is 3.72. The molecule has 36 heavy (non-hydrogen) atoms. The van der Waals surface area contributed by atoms with Crippen LogP contribution in [-0.2, 0) is 11.3 Å². The van der Waals surface area contributed by atoms with Crippen LogP contribution in [0.5, 0.6) is 5.75 Å². The molecule has 12 heteroatoms. The highest BCUT2D eigenvalue weighted by atomic mass is 35.5. The van der Waals surface area contributed by atoms with Crippen LogP contribution in [0.2, 0.25) is 5.02 Å². The Morgan fingerprint density at radius 3 is 2.86 bits per heavy atom. The van der Waals surface area contributed by atoms with E-state index in [1.54, 1.807) is 42.9 Å². The first kappa shape index (κ1) is 24.9. The summed E-state index contributed by atoms with van der Waals surface area (Å²) in [5, 5.41) is 15.0. The lowest BCUT2D eigenvalue weighted by molar-refractivity contribution is -0.123. The van der Waals surface area contributed by atoms with E-state index < -0.39 is 11.4 Å². The Morgan fingerprint density at radius 2 is 2.11 bits per heavy atom. The van der Waals surface area contributed by atoms with Crippen LogP contribution in [0.15, 0.2) is 54.0 Å². The molecule has 0 spiro atoms. The van der Waals surface area contributed by atoms with Gasteiger partial charge in [-0.2, -0.15) is 10.2 Å². The molecule has 0 atom stereocenters. The van der Waals surface area contributed by atoms with Gasteiger partial charge in [-0.25, -0.2) is 9.50 Å². The fraction of sp³-hybridized carbons (Fsp3) is 0.250. The number of aliphatic imine (C=N–C) groups is 1. The second-order valence-corrected chi connectivity index (χ2v) is 9.08. The third-order valence-corrected chi connectivity index (χ3v) is 5.48. The van der Waals surface area contributed by atoms with Gasteiger partial charge in [-0.05, 0) is 44.8 Å². The number of anilines is 1. The number of methoxy groups -OCH3 is 1. The molecule has 4 aromatic rings. The summed E-state index contributed by atoms with van der Waals surface area (Å²) in [6, 6.07) is 6.78.